The Labute approximate surface area is 118 Å². The Hall–Kier alpha value is -0.890. The molecule has 0 aliphatic rings. The molecule has 19 heavy (non-hydrogen) atoms. The fraction of sp³-hybridized carbons (Fsp3) is 0.500. The molecule has 0 bridgehead atoms. The summed E-state index contributed by atoms with van der Waals surface area (Å²) in [5.74, 6) is 0. The Bertz CT molecular complexity index is 636. The highest BCUT2D eigenvalue weighted by atomic mass is 32.2. The zero-order valence-electron chi connectivity index (χ0n) is 10.8. The third-order valence-electron chi connectivity index (χ3n) is 2.80. The van der Waals surface area contributed by atoms with E-state index in [1.165, 1.54) is 27.7 Å². The molecule has 5 nitrogen and oxygen atoms in total. The minimum atomic E-state index is -0.952. The van der Waals surface area contributed by atoms with Crippen LogP contribution in [0.3, 0.4) is 0 Å². The first-order valence-corrected chi connectivity index (χ1v) is 8.01. The number of nitrogens with zero attached hydrogens (tertiary/aromatic N) is 2. The molecule has 1 unspecified atom stereocenters. The van der Waals surface area contributed by atoms with E-state index in [4.69, 9.17) is 5.11 Å². The summed E-state index contributed by atoms with van der Waals surface area (Å²) in [6.07, 6.45) is 1.75. The first-order valence-electron chi connectivity index (χ1n) is 5.96. The SMILES string of the molecule is CCc1cc2c(=O)n(CC(O)CO)c(SC)nc2s1. The lowest BCUT2D eigenvalue weighted by molar-refractivity contribution is 0.0780. The quantitative estimate of drug-likeness (QED) is 0.639. The van der Waals surface area contributed by atoms with Gasteiger partial charge in [0.2, 0.25) is 0 Å². The maximum atomic E-state index is 12.4. The molecule has 0 aliphatic heterocycles. The number of aliphatic hydroxyl groups is 2. The zero-order chi connectivity index (χ0) is 14.0. The van der Waals surface area contributed by atoms with Gasteiger partial charge in [0.05, 0.1) is 24.6 Å². The Kier molecular flexibility index (Phi) is 4.62. The molecule has 104 valence electrons. The van der Waals surface area contributed by atoms with Crippen molar-refractivity contribution in [3.05, 3.63) is 21.3 Å². The minimum absolute atomic E-state index is 0.0613. The summed E-state index contributed by atoms with van der Waals surface area (Å²) < 4.78 is 1.43. The van der Waals surface area contributed by atoms with Gasteiger partial charge in [-0.25, -0.2) is 4.98 Å². The molecule has 0 saturated heterocycles. The number of thiophene rings is 1. The van der Waals surface area contributed by atoms with Gasteiger partial charge in [-0.1, -0.05) is 18.7 Å². The first-order chi connectivity index (χ1) is 9.10. The van der Waals surface area contributed by atoms with Crippen molar-refractivity contribution in [3.63, 3.8) is 0 Å². The van der Waals surface area contributed by atoms with Crippen molar-refractivity contribution >= 4 is 33.3 Å². The van der Waals surface area contributed by atoms with Gasteiger partial charge in [-0.3, -0.25) is 9.36 Å². The Morgan fingerprint density at radius 3 is 2.89 bits per heavy atom. The van der Waals surface area contributed by atoms with Crippen LogP contribution < -0.4 is 5.56 Å². The molecule has 1 atom stereocenters. The van der Waals surface area contributed by atoms with Gasteiger partial charge in [-0.2, -0.15) is 0 Å². The molecule has 2 aromatic heterocycles. The van der Waals surface area contributed by atoms with Crippen LogP contribution in [0.25, 0.3) is 10.2 Å². The van der Waals surface area contributed by atoms with E-state index in [1.807, 2.05) is 19.2 Å². The summed E-state index contributed by atoms with van der Waals surface area (Å²) in [4.78, 5) is 18.7. The van der Waals surface area contributed by atoms with Crippen LogP contribution in [0.15, 0.2) is 16.0 Å². The van der Waals surface area contributed by atoms with E-state index in [-0.39, 0.29) is 18.7 Å². The predicted molar refractivity (Wildman–Crippen MR) is 78.1 cm³/mol. The summed E-state index contributed by atoms with van der Waals surface area (Å²) in [6.45, 7) is 1.72. The lowest BCUT2D eigenvalue weighted by Gasteiger charge is -2.13. The summed E-state index contributed by atoms with van der Waals surface area (Å²) >= 11 is 2.88. The standard InChI is InChI=1S/C12H16N2O3S2/c1-3-8-4-9-10(19-8)13-12(18-2)14(11(9)17)5-7(16)6-15/h4,7,15-16H,3,5-6H2,1-2H3. The second-order valence-corrected chi connectivity index (χ2v) is 6.02. The van der Waals surface area contributed by atoms with E-state index in [2.05, 4.69) is 4.98 Å². The summed E-state index contributed by atoms with van der Waals surface area (Å²) in [5.41, 5.74) is -0.155. The number of hydrogen-bond acceptors (Lipinski definition) is 6. The largest absolute Gasteiger partial charge is 0.394 e. The normalized spacial score (nSPS) is 13.1. The zero-order valence-corrected chi connectivity index (χ0v) is 12.4. The van der Waals surface area contributed by atoms with Crippen LogP contribution in [0.2, 0.25) is 0 Å². The summed E-state index contributed by atoms with van der Waals surface area (Å²) in [7, 11) is 0. The Morgan fingerprint density at radius 1 is 1.58 bits per heavy atom. The van der Waals surface area contributed by atoms with Crippen LogP contribution in [-0.2, 0) is 13.0 Å². The number of aryl methyl sites for hydroxylation is 1. The van der Waals surface area contributed by atoms with Crippen molar-refractivity contribution in [1.29, 1.82) is 0 Å². The molecule has 0 radical (unpaired) electrons. The van der Waals surface area contributed by atoms with Crippen molar-refractivity contribution in [3.8, 4) is 0 Å². The monoisotopic (exact) mass is 300 g/mol. The maximum absolute atomic E-state index is 12.4. The number of aromatic nitrogens is 2. The molecular formula is C12H16N2O3S2. The second kappa shape index (κ2) is 6.04. The average molecular weight is 300 g/mol. The van der Waals surface area contributed by atoms with Crippen molar-refractivity contribution in [2.75, 3.05) is 12.9 Å². The van der Waals surface area contributed by atoms with E-state index < -0.39 is 6.10 Å². The smallest absolute Gasteiger partial charge is 0.263 e. The molecule has 0 fully saturated rings. The van der Waals surface area contributed by atoms with Gasteiger partial charge in [-0.05, 0) is 18.7 Å². The van der Waals surface area contributed by atoms with E-state index in [0.29, 0.717) is 10.5 Å². The van der Waals surface area contributed by atoms with Crippen molar-refractivity contribution in [1.82, 2.24) is 9.55 Å². The Balaban J connectivity index is 2.60. The summed E-state index contributed by atoms with van der Waals surface area (Å²) in [5, 5.41) is 19.6. The molecule has 0 aromatic carbocycles. The molecule has 7 heteroatoms. The molecular weight excluding hydrogens is 284 g/mol. The number of aliphatic hydroxyl groups excluding tert-OH is 2. The lowest BCUT2D eigenvalue weighted by Crippen LogP contribution is -2.30. The van der Waals surface area contributed by atoms with Crippen molar-refractivity contribution in [2.24, 2.45) is 0 Å². The minimum Gasteiger partial charge on any atom is -0.394 e. The van der Waals surface area contributed by atoms with Crippen molar-refractivity contribution < 1.29 is 10.2 Å². The van der Waals surface area contributed by atoms with Crippen molar-refractivity contribution in [2.45, 2.75) is 31.1 Å². The van der Waals surface area contributed by atoms with Crippen LogP contribution in [-0.4, -0.2) is 38.7 Å². The van der Waals surface area contributed by atoms with Crippen LogP contribution in [0.4, 0.5) is 0 Å². The van der Waals surface area contributed by atoms with E-state index in [9.17, 15) is 9.90 Å². The molecule has 2 heterocycles. The van der Waals surface area contributed by atoms with Gasteiger partial charge in [-0.15, -0.1) is 11.3 Å². The lowest BCUT2D eigenvalue weighted by atomic mass is 10.3. The Morgan fingerprint density at radius 2 is 2.32 bits per heavy atom. The number of fused-ring (bicyclic) bond motifs is 1. The topological polar surface area (TPSA) is 75.4 Å². The fourth-order valence-corrected chi connectivity index (χ4v) is 3.38. The number of hydrogen-bond donors (Lipinski definition) is 2. The van der Waals surface area contributed by atoms with Crippen LogP contribution in [0.5, 0.6) is 0 Å². The van der Waals surface area contributed by atoms with Gasteiger partial charge < -0.3 is 10.2 Å². The van der Waals surface area contributed by atoms with E-state index in [0.717, 1.165) is 16.1 Å². The molecule has 0 spiro atoms. The molecule has 0 amide bonds. The van der Waals surface area contributed by atoms with E-state index in [1.54, 1.807) is 0 Å². The predicted octanol–water partition coefficient (Wildman–Crippen LogP) is 1.10. The third kappa shape index (κ3) is 2.84. The second-order valence-electron chi connectivity index (χ2n) is 4.14. The van der Waals surface area contributed by atoms with Crippen LogP contribution in [0.1, 0.15) is 11.8 Å². The highest BCUT2D eigenvalue weighted by molar-refractivity contribution is 7.98. The fourth-order valence-electron chi connectivity index (χ4n) is 1.81. The van der Waals surface area contributed by atoms with Crippen LogP contribution in [0, 0.1) is 0 Å². The van der Waals surface area contributed by atoms with E-state index >= 15 is 0 Å². The molecule has 0 saturated carbocycles. The highest BCUT2D eigenvalue weighted by Gasteiger charge is 2.15. The average Bonchev–Trinajstić information content (AvgIpc) is 2.84. The van der Waals surface area contributed by atoms with Gasteiger partial charge in [0.15, 0.2) is 5.16 Å². The van der Waals surface area contributed by atoms with Gasteiger partial charge >= 0.3 is 0 Å². The first kappa shape index (κ1) is 14.5. The number of rotatable bonds is 5. The van der Waals surface area contributed by atoms with Gasteiger partial charge in [0.1, 0.15) is 4.83 Å². The molecule has 2 N–H and O–H groups in total. The van der Waals surface area contributed by atoms with Gasteiger partial charge in [0, 0.05) is 4.88 Å². The number of thioether (sulfide) groups is 1. The summed E-state index contributed by atoms with van der Waals surface area (Å²) in [6, 6.07) is 1.86. The van der Waals surface area contributed by atoms with Crippen LogP contribution >= 0.6 is 23.1 Å². The molecule has 2 rings (SSSR count). The van der Waals surface area contributed by atoms with Gasteiger partial charge in [0.25, 0.3) is 5.56 Å². The molecule has 2 aromatic rings. The molecule has 0 aliphatic carbocycles. The highest BCUT2D eigenvalue weighted by Crippen LogP contribution is 2.24. The maximum Gasteiger partial charge on any atom is 0.263 e. The third-order valence-corrected chi connectivity index (χ3v) is 4.65.